The molecular formula is C27H27ClN6O5. The fourth-order valence-electron chi connectivity index (χ4n) is 4.31. The summed E-state index contributed by atoms with van der Waals surface area (Å²) in [5.74, 6) is 1.95. The molecule has 1 atom stereocenters. The molecule has 2 aromatic carbocycles. The van der Waals surface area contributed by atoms with Crippen LogP contribution < -0.4 is 19.5 Å². The maximum atomic E-state index is 11.8. The van der Waals surface area contributed by atoms with Gasteiger partial charge in [0.15, 0.2) is 11.5 Å². The molecule has 1 fully saturated rings. The first-order chi connectivity index (χ1) is 19.0. The van der Waals surface area contributed by atoms with Gasteiger partial charge in [0.25, 0.3) is 0 Å². The average Bonchev–Trinajstić information content (AvgIpc) is 2.97. The normalized spacial score (nSPS) is 14.6. The van der Waals surface area contributed by atoms with Crippen LogP contribution in [0.4, 0.5) is 11.5 Å². The van der Waals surface area contributed by atoms with Crippen LogP contribution in [0.25, 0.3) is 10.9 Å². The van der Waals surface area contributed by atoms with Gasteiger partial charge in [-0.15, -0.1) is 0 Å². The first-order valence-electron chi connectivity index (χ1n) is 12.4. The van der Waals surface area contributed by atoms with Crippen molar-refractivity contribution in [2.45, 2.75) is 24.5 Å². The number of hydrogen-bond acceptors (Lipinski definition) is 10. The number of alkyl halides is 1. The molecule has 11 nitrogen and oxygen atoms in total. The van der Waals surface area contributed by atoms with Crippen LogP contribution in [-0.4, -0.2) is 68.8 Å². The number of hydrogen-bond donors (Lipinski definition) is 2. The van der Waals surface area contributed by atoms with Crippen LogP contribution in [0.1, 0.15) is 24.1 Å². The average molecular weight is 551 g/mol. The highest BCUT2D eigenvalue weighted by Crippen LogP contribution is 2.36. The number of anilines is 2. The predicted molar refractivity (Wildman–Crippen MR) is 144 cm³/mol. The molecule has 0 spiro atoms. The van der Waals surface area contributed by atoms with E-state index < -0.39 is 12.2 Å². The fraction of sp³-hybridized carbons (Fsp3) is 0.296. The molecule has 39 heavy (non-hydrogen) atoms. The number of nitrogens with one attached hydrogen (secondary N) is 1. The Kier molecular flexibility index (Phi) is 8.18. The molecule has 0 bridgehead atoms. The summed E-state index contributed by atoms with van der Waals surface area (Å²) in [5, 5.41) is 13.2. The summed E-state index contributed by atoms with van der Waals surface area (Å²) in [6, 6.07) is 11.0. The summed E-state index contributed by atoms with van der Waals surface area (Å²) in [6.45, 7) is 0.561. The lowest BCUT2D eigenvalue weighted by atomic mass is 10.1. The molecule has 1 aliphatic rings. The van der Waals surface area contributed by atoms with Crippen LogP contribution in [0.5, 0.6) is 17.2 Å². The predicted octanol–water partition coefficient (Wildman–Crippen LogP) is 3.85. The van der Waals surface area contributed by atoms with Crippen molar-refractivity contribution in [2.24, 2.45) is 0 Å². The van der Waals surface area contributed by atoms with E-state index in [0.29, 0.717) is 60.2 Å². The Morgan fingerprint density at radius 3 is 2.74 bits per heavy atom. The smallest absolute Gasteiger partial charge is 0.248 e. The van der Waals surface area contributed by atoms with Crippen molar-refractivity contribution in [1.29, 1.82) is 0 Å². The number of methoxy groups -OCH3 is 1. The molecule has 3 heterocycles. The van der Waals surface area contributed by atoms with Crippen LogP contribution in [-0.2, 0) is 4.79 Å². The molecule has 1 aliphatic heterocycles. The van der Waals surface area contributed by atoms with E-state index in [4.69, 9.17) is 30.9 Å². The number of nitrogens with zero attached hydrogens (tertiary/aromatic N) is 5. The minimum Gasteiger partial charge on any atom is -0.493 e. The molecule has 1 amide bonds. The molecule has 1 unspecified atom stereocenters. The van der Waals surface area contributed by atoms with Gasteiger partial charge in [0.05, 0.1) is 18.8 Å². The molecule has 2 aromatic heterocycles. The topological polar surface area (TPSA) is 132 Å². The lowest BCUT2D eigenvalue weighted by molar-refractivity contribution is -0.135. The number of amides is 1. The highest BCUT2D eigenvalue weighted by molar-refractivity contribution is 6.19. The van der Waals surface area contributed by atoms with Gasteiger partial charge in [-0.1, -0.05) is 17.7 Å². The number of benzene rings is 2. The Bertz CT molecular complexity index is 1440. The van der Waals surface area contributed by atoms with Crippen molar-refractivity contribution in [3.63, 3.8) is 0 Å². The second kappa shape index (κ2) is 12.1. The highest BCUT2D eigenvalue weighted by atomic mass is 35.5. The third kappa shape index (κ3) is 6.27. The maximum Gasteiger partial charge on any atom is 0.248 e. The molecule has 0 radical (unpaired) electrons. The van der Waals surface area contributed by atoms with E-state index in [2.05, 4.69) is 25.3 Å². The minimum atomic E-state index is -0.797. The van der Waals surface area contributed by atoms with Gasteiger partial charge in [0, 0.05) is 61.5 Å². The number of fused-ring (bicyclic) bond motifs is 1. The second-order valence-electron chi connectivity index (χ2n) is 8.82. The summed E-state index contributed by atoms with van der Waals surface area (Å²) in [5.41, 5.74) is 1.12. The van der Waals surface area contributed by atoms with Crippen LogP contribution in [0.2, 0.25) is 0 Å². The number of halogens is 1. The molecule has 202 valence electrons. The molecule has 0 saturated carbocycles. The van der Waals surface area contributed by atoms with E-state index in [1.807, 2.05) is 24.3 Å². The number of piperidine rings is 1. The quantitative estimate of drug-likeness (QED) is 0.296. The molecule has 5 rings (SSSR count). The van der Waals surface area contributed by atoms with Crippen LogP contribution in [0.3, 0.4) is 0 Å². The molecule has 4 aromatic rings. The zero-order valence-electron chi connectivity index (χ0n) is 21.2. The summed E-state index contributed by atoms with van der Waals surface area (Å²) in [4.78, 5) is 30.5. The van der Waals surface area contributed by atoms with E-state index in [0.717, 1.165) is 11.1 Å². The third-order valence-electron chi connectivity index (χ3n) is 6.30. The molecule has 1 saturated heterocycles. The van der Waals surface area contributed by atoms with Gasteiger partial charge in [-0.25, -0.2) is 9.97 Å². The molecule has 0 aliphatic carbocycles. The summed E-state index contributed by atoms with van der Waals surface area (Å²) < 4.78 is 17.7. The van der Waals surface area contributed by atoms with E-state index >= 15 is 0 Å². The van der Waals surface area contributed by atoms with Gasteiger partial charge in [0.1, 0.15) is 36.3 Å². The van der Waals surface area contributed by atoms with Crippen molar-refractivity contribution in [1.82, 2.24) is 24.8 Å². The Balaban J connectivity index is 1.35. The first kappa shape index (κ1) is 26.4. The maximum absolute atomic E-state index is 11.8. The third-order valence-corrected chi connectivity index (χ3v) is 6.61. The number of aromatic nitrogens is 4. The number of carbonyl (C=O) groups is 1. The second-order valence-corrected chi connectivity index (χ2v) is 9.21. The van der Waals surface area contributed by atoms with Gasteiger partial charge < -0.3 is 29.5 Å². The number of likely N-dealkylation sites (tertiary alicyclic amines) is 1. The summed E-state index contributed by atoms with van der Waals surface area (Å²) >= 11 is 6.37. The van der Waals surface area contributed by atoms with Crippen molar-refractivity contribution >= 4 is 39.9 Å². The minimum absolute atomic E-state index is 0.105. The van der Waals surface area contributed by atoms with Gasteiger partial charge in [-0.05, 0) is 18.2 Å². The summed E-state index contributed by atoms with van der Waals surface area (Å²) in [6.07, 6.45) is 7.34. The number of aliphatic hydroxyl groups excluding tert-OH is 1. The number of aliphatic hydroxyl groups is 1. The van der Waals surface area contributed by atoms with Crippen LogP contribution in [0.15, 0.2) is 61.3 Å². The lowest BCUT2D eigenvalue weighted by Crippen LogP contribution is -2.42. The monoisotopic (exact) mass is 550 g/mol. The zero-order valence-corrected chi connectivity index (χ0v) is 21.9. The molecule has 12 heteroatoms. The Hall–Kier alpha value is -4.22. The number of rotatable bonds is 9. The Morgan fingerprint density at radius 1 is 1.15 bits per heavy atom. The zero-order chi connectivity index (χ0) is 27.2. The van der Waals surface area contributed by atoms with Gasteiger partial charge in [0.2, 0.25) is 11.5 Å². The van der Waals surface area contributed by atoms with E-state index in [-0.39, 0.29) is 12.0 Å². The van der Waals surface area contributed by atoms with E-state index in [1.54, 1.807) is 42.7 Å². The van der Waals surface area contributed by atoms with Gasteiger partial charge in [-0.3, -0.25) is 14.8 Å². The van der Waals surface area contributed by atoms with Gasteiger partial charge in [-0.2, -0.15) is 0 Å². The standard InChI is InChI=1S/C27H27ClN6O5/c1-37-23-13-21-20(12-24(23)38-18-5-9-34(10-6-18)25(36)15-35)27(32-16-31-21)33-17-3-2-4-19(11-17)39-26(28)22-14-29-7-8-30-22/h2-4,7-8,11-14,16,18,26,35H,5-6,9-10,15H2,1H3,(H,31,32,33). The SMILES string of the molecule is COc1cc2ncnc(Nc3cccc(OC(Cl)c4cnccn4)c3)c2cc1OC1CCN(C(=O)CO)CC1. The van der Waals surface area contributed by atoms with Crippen molar-refractivity contribution in [2.75, 3.05) is 32.1 Å². The van der Waals surface area contributed by atoms with E-state index in [1.165, 1.54) is 6.33 Å². The van der Waals surface area contributed by atoms with Gasteiger partial charge >= 0.3 is 0 Å². The Labute approximate surface area is 229 Å². The number of ether oxygens (including phenoxy) is 3. The molecule has 2 N–H and O–H groups in total. The largest absolute Gasteiger partial charge is 0.493 e. The fourth-order valence-corrected chi connectivity index (χ4v) is 4.52. The van der Waals surface area contributed by atoms with Crippen LogP contribution >= 0.6 is 11.6 Å². The van der Waals surface area contributed by atoms with Crippen LogP contribution in [0, 0.1) is 0 Å². The highest BCUT2D eigenvalue weighted by Gasteiger charge is 2.25. The van der Waals surface area contributed by atoms with Crippen molar-refractivity contribution < 1.29 is 24.1 Å². The first-order valence-corrected chi connectivity index (χ1v) is 12.8. The molecular weight excluding hydrogens is 524 g/mol. The summed E-state index contributed by atoms with van der Waals surface area (Å²) in [7, 11) is 1.58. The van der Waals surface area contributed by atoms with E-state index in [9.17, 15) is 4.79 Å². The number of carbonyl (C=O) groups excluding carboxylic acids is 1. The lowest BCUT2D eigenvalue weighted by Gasteiger charge is -2.32. The van der Waals surface area contributed by atoms with Crippen molar-refractivity contribution in [3.05, 3.63) is 67.0 Å². The Morgan fingerprint density at radius 2 is 2.00 bits per heavy atom. The van der Waals surface area contributed by atoms with Crippen molar-refractivity contribution in [3.8, 4) is 17.2 Å².